The molecule has 204 valence electrons. The smallest absolute Gasteiger partial charge is 0.277 e. The van der Waals surface area contributed by atoms with Crippen LogP contribution in [0.25, 0.3) is 0 Å². The van der Waals surface area contributed by atoms with E-state index in [0.29, 0.717) is 26.2 Å². The number of benzene rings is 3. The molecule has 0 saturated heterocycles. The van der Waals surface area contributed by atoms with E-state index in [-0.39, 0.29) is 35.4 Å². The number of amides is 1. The van der Waals surface area contributed by atoms with E-state index in [1.54, 1.807) is 36.4 Å². The molecule has 1 aromatic heterocycles. The van der Waals surface area contributed by atoms with Crippen LogP contribution < -0.4 is 10.2 Å². The number of aromatic nitrogens is 2. The van der Waals surface area contributed by atoms with Crippen LogP contribution in [-0.2, 0) is 10.5 Å². The molecule has 0 saturated carbocycles. The van der Waals surface area contributed by atoms with Crippen molar-refractivity contribution in [2.24, 2.45) is 0 Å². The number of carbonyl (C=O) groups excluding carboxylic acids is 2. The molecule has 4 aromatic rings. The molecule has 1 aliphatic rings. The lowest BCUT2D eigenvalue weighted by Crippen LogP contribution is -2.33. The van der Waals surface area contributed by atoms with Crippen LogP contribution in [0.3, 0.4) is 0 Å². The van der Waals surface area contributed by atoms with Gasteiger partial charge in [-0.25, -0.2) is 8.78 Å². The van der Waals surface area contributed by atoms with Crippen molar-refractivity contribution in [3.05, 3.63) is 117 Å². The average molecular weight is 599 g/mol. The minimum atomic E-state index is -0.944. The lowest BCUT2D eigenvalue weighted by atomic mass is 9.92. The topological polar surface area (TPSA) is 95.4 Å². The number of nitrogens with one attached hydrogen (secondary N) is 1. The number of anilines is 1. The van der Waals surface area contributed by atoms with Crippen molar-refractivity contribution in [2.75, 3.05) is 18.1 Å². The second kappa shape index (κ2) is 12.3. The summed E-state index contributed by atoms with van der Waals surface area (Å²) in [4.78, 5) is 29.1. The molecule has 2 heterocycles. The van der Waals surface area contributed by atoms with Gasteiger partial charge in [-0.3, -0.25) is 14.5 Å². The van der Waals surface area contributed by atoms with Crippen molar-refractivity contribution < 1.29 is 23.5 Å². The molecule has 0 fully saturated rings. The third-order valence-corrected chi connectivity index (χ3v) is 8.44. The maximum Gasteiger partial charge on any atom is 0.277 e. The van der Waals surface area contributed by atoms with E-state index >= 15 is 0 Å². The maximum absolute atomic E-state index is 13.9. The number of hydrogen-bond donors (Lipinski definition) is 2. The Balaban J connectivity index is 1.54. The Morgan fingerprint density at radius 3 is 2.30 bits per heavy atom. The molecule has 1 aliphatic heterocycles. The zero-order chi connectivity index (χ0) is 28.2. The zero-order valence-corrected chi connectivity index (χ0v) is 23.1. The van der Waals surface area contributed by atoms with Gasteiger partial charge in [-0.15, -0.1) is 10.2 Å². The van der Waals surface area contributed by atoms with Crippen molar-refractivity contribution in [3.63, 3.8) is 0 Å². The van der Waals surface area contributed by atoms with Crippen molar-refractivity contribution >= 4 is 51.5 Å². The molecule has 12 heteroatoms. The highest BCUT2D eigenvalue weighted by molar-refractivity contribution is 8.00. The molecular formula is C28H21ClF2N4O3S2. The van der Waals surface area contributed by atoms with E-state index in [0.717, 1.165) is 16.9 Å². The van der Waals surface area contributed by atoms with Gasteiger partial charge in [0.15, 0.2) is 10.1 Å². The zero-order valence-electron chi connectivity index (χ0n) is 20.7. The van der Waals surface area contributed by atoms with E-state index in [1.807, 2.05) is 0 Å². The fourth-order valence-electron chi connectivity index (χ4n) is 4.21. The van der Waals surface area contributed by atoms with Crippen molar-refractivity contribution in [2.45, 2.75) is 16.1 Å². The summed E-state index contributed by atoms with van der Waals surface area (Å²) in [6.07, 6.45) is 0. The molecule has 5 rings (SSSR count). The molecule has 0 bridgehead atoms. The van der Waals surface area contributed by atoms with E-state index in [4.69, 9.17) is 11.6 Å². The van der Waals surface area contributed by atoms with Crippen LogP contribution in [0, 0.1) is 11.6 Å². The lowest BCUT2D eigenvalue weighted by molar-refractivity contribution is -0.115. The van der Waals surface area contributed by atoms with Gasteiger partial charge in [0.1, 0.15) is 17.3 Å². The fraction of sp³-hybridized carbons (Fsp3) is 0.143. The average Bonchev–Trinajstić information content (AvgIpc) is 3.54. The van der Waals surface area contributed by atoms with Crippen LogP contribution in [0.2, 0.25) is 5.02 Å². The largest absolute Gasteiger partial charge is 0.395 e. The number of aliphatic hydroxyl groups excluding tert-OH is 1. The minimum absolute atomic E-state index is 0.0130. The van der Waals surface area contributed by atoms with Crippen LogP contribution in [0.15, 0.2) is 88.4 Å². The van der Waals surface area contributed by atoms with E-state index in [9.17, 15) is 23.5 Å². The molecular weight excluding hydrogens is 578 g/mol. The Bertz CT molecular complexity index is 1560. The second-order valence-electron chi connectivity index (χ2n) is 8.67. The Hall–Kier alpha value is -3.64. The number of ketones is 1. The normalized spacial score (nSPS) is 15.2. The van der Waals surface area contributed by atoms with Gasteiger partial charge in [-0.2, -0.15) is 0 Å². The Morgan fingerprint density at radius 2 is 1.65 bits per heavy atom. The third kappa shape index (κ3) is 5.92. The highest BCUT2D eigenvalue weighted by Gasteiger charge is 2.45. The first kappa shape index (κ1) is 27.9. The summed E-state index contributed by atoms with van der Waals surface area (Å²) in [6.45, 7) is -0.249. The van der Waals surface area contributed by atoms with Crippen LogP contribution in [0.5, 0.6) is 0 Å². The summed E-state index contributed by atoms with van der Waals surface area (Å²) in [5.41, 5.74) is 1.82. The summed E-state index contributed by atoms with van der Waals surface area (Å²) in [6, 6.07) is 17.0. The molecule has 1 unspecified atom stereocenters. The first-order valence-corrected chi connectivity index (χ1v) is 14.2. The SMILES string of the molecule is O=C(C1=C(NCCO)C(=O)N(c2nnc(SCc3ccc(F)cc3)s2)C1c1ccc(F)cc1)c1ccc(Cl)cc1. The van der Waals surface area contributed by atoms with Crippen molar-refractivity contribution in [1.82, 2.24) is 15.5 Å². The molecule has 40 heavy (non-hydrogen) atoms. The Morgan fingerprint density at radius 1 is 1.00 bits per heavy atom. The molecule has 7 nitrogen and oxygen atoms in total. The van der Waals surface area contributed by atoms with Gasteiger partial charge in [0.05, 0.1) is 18.2 Å². The number of thioether (sulfide) groups is 1. The number of carbonyl (C=O) groups is 2. The Labute approximate surface area is 241 Å². The van der Waals surface area contributed by atoms with Gasteiger partial charge >= 0.3 is 0 Å². The lowest BCUT2D eigenvalue weighted by Gasteiger charge is -2.24. The summed E-state index contributed by atoms with van der Waals surface area (Å²) in [5.74, 6) is -1.26. The summed E-state index contributed by atoms with van der Waals surface area (Å²) >= 11 is 8.55. The predicted octanol–water partition coefficient (Wildman–Crippen LogP) is 5.57. The van der Waals surface area contributed by atoms with Gasteiger partial charge in [0.2, 0.25) is 5.13 Å². The van der Waals surface area contributed by atoms with Gasteiger partial charge in [0.25, 0.3) is 5.91 Å². The number of hydrogen-bond acceptors (Lipinski definition) is 8. The van der Waals surface area contributed by atoms with Crippen LogP contribution in [-0.4, -0.2) is 40.1 Å². The molecule has 2 N–H and O–H groups in total. The highest BCUT2D eigenvalue weighted by atomic mass is 35.5. The van der Waals surface area contributed by atoms with Crippen LogP contribution in [0.4, 0.5) is 13.9 Å². The van der Waals surface area contributed by atoms with Gasteiger partial charge < -0.3 is 10.4 Å². The number of aliphatic hydroxyl groups is 1. The molecule has 0 radical (unpaired) electrons. The molecule has 0 spiro atoms. The van der Waals surface area contributed by atoms with E-state index < -0.39 is 23.5 Å². The van der Waals surface area contributed by atoms with Crippen LogP contribution in [0.1, 0.15) is 27.5 Å². The first-order valence-electron chi connectivity index (χ1n) is 12.0. The standard InChI is InChI=1S/C28H21ClF2N4O3S2/c29-19-7-3-18(4-8-19)25(37)22-23(32-13-14-36)26(38)35(24(22)17-5-11-21(31)12-6-17)27-33-34-28(40-27)39-15-16-1-9-20(30)10-2-16/h1-12,24,32,36H,13-15H2. The Kier molecular flexibility index (Phi) is 8.55. The van der Waals surface area contributed by atoms with Crippen LogP contribution >= 0.6 is 34.7 Å². The predicted molar refractivity (Wildman–Crippen MR) is 150 cm³/mol. The molecule has 1 atom stereocenters. The molecule has 1 amide bonds. The number of rotatable bonds is 10. The number of halogens is 3. The fourth-order valence-corrected chi connectivity index (χ4v) is 6.16. The summed E-state index contributed by atoms with van der Waals surface area (Å²) in [7, 11) is 0. The second-order valence-corrected chi connectivity index (χ2v) is 11.3. The van der Waals surface area contributed by atoms with Gasteiger partial charge in [-0.05, 0) is 59.7 Å². The van der Waals surface area contributed by atoms with Crippen molar-refractivity contribution in [3.8, 4) is 0 Å². The summed E-state index contributed by atoms with van der Waals surface area (Å²) in [5, 5.41) is 21.5. The number of Topliss-reactive ketones (excluding diaryl/α,β-unsaturated/α-hetero) is 1. The summed E-state index contributed by atoms with van der Waals surface area (Å²) < 4.78 is 27.7. The van der Waals surface area contributed by atoms with E-state index in [1.165, 1.54) is 53.1 Å². The first-order chi connectivity index (χ1) is 19.4. The quantitative estimate of drug-likeness (QED) is 0.140. The number of nitrogens with zero attached hydrogens (tertiary/aromatic N) is 3. The van der Waals surface area contributed by atoms with Gasteiger partial charge in [0, 0.05) is 22.9 Å². The maximum atomic E-state index is 13.9. The monoisotopic (exact) mass is 598 g/mol. The highest BCUT2D eigenvalue weighted by Crippen LogP contribution is 2.44. The van der Waals surface area contributed by atoms with Gasteiger partial charge in [-0.1, -0.05) is 59.0 Å². The molecule has 0 aliphatic carbocycles. The van der Waals surface area contributed by atoms with Crippen molar-refractivity contribution in [1.29, 1.82) is 0 Å². The minimum Gasteiger partial charge on any atom is -0.395 e. The molecule has 3 aromatic carbocycles. The third-order valence-electron chi connectivity index (χ3n) is 6.06. The van der Waals surface area contributed by atoms with E-state index in [2.05, 4.69) is 15.5 Å².